The van der Waals surface area contributed by atoms with Crippen LogP contribution in [0.2, 0.25) is 0 Å². The number of carbonyl (C=O) groups excluding carboxylic acids is 4. The largest absolute Gasteiger partial charge is 0.464 e. The van der Waals surface area contributed by atoms with E-state index in [1.807, 2.05) is 0 Å². The Morgan fingerprint density at radius 1 is 0.938 bits per heavy atom. The van der Waals surface area contributed by atoms with Crippen LogP contribution in [-0.2, 0) is 51.1 Å². The number of morpholine rings is 2. The predicted octanol–water partition coefficient (Wildman–Crippen LogP) is 4.20. The number of anilines is 1. The SMILES string of the molecule is CCn1c(C2=C([C@H](C)OC)N=C[C@H](N3CCN4CCOC[C@@H]4C3)C2)c2c3cc(ccc31)N1CCO[C@@H](C[C@H](NC(=O)[C@H](C3CCCC3)N3CC[C@]4(CCN(C(=O)[C@@H]5N[C@@H]5C5CC5)C4)C3)C(=O)N3CCC[C@H](N3)C(=O)OCC(C)(C)C2)C1. The molecule has 442 valence electrons. The van der Waals surface area contributed by atoms with Crippen molar-refractivity contribution in [3.63, 3.8) is 0 Å². The van der Waals surface area contributed by atoms with Crippen LogP contribution in [0.25, 0.3) is 16.5 Å². The van der Waals surface area contributed by atoms with Crippen LogP contribution in [0, 0.1) is 22.7 Å². The van der Waals surface area contributed by atoms with Crippen molar-refractivity contribution in [2.24, 2.45) is 27.7 Å². The predicted molar refractivity (Wildman–Crippen MR) is 309 cm³/mol. The Hall–Kier alpha value is -4.47. The van der Waals surface area contributed by atoms with Crippen molar-refractivity contribution in [3.05, 3.63) is 35.2 Å². The van der Waals surface area contributed by atoms with Gasteiger partial charge in [-0.3, -0.25) is 49.2 Å². The van der Waals surface area contributed by atoms with Gasteiger partial charge in [0.2, 0.25) is 11.8 Å². The normalized spacial score (nSPS) is 33.5. The second-order valence-electron chi connectivity index (χ2n) is 27.0. The van der Waals surface area contributed by atoms with E-state index in [-0.39, 0.29) is 78.4 Å². The van der Waals surface area contributed by atoms with Gasteiger partial charge in [0, 0.05) is 143 Å². The Morgan fingerprint density at radius 2 is 1.77 bits per heavy atom. The van der Waals surface area contributed by atoms with Crippen LogP contribution in [0.3, 0.4) is 0 Å². The first-order chi connectivity index (χ1) is 39.3. The number of carbonyl (C=O) groups is 4. The fourth-order valence-corrected chi connectivity index (χ4v) is 16.1. The summed E-state index contributed by atoms with van der Waals surface area (Å²) in [5.41, 5.74) is 9.55. The Labute approximate surface area is 479 Å². The molecule has 9 aliphatic heterocycles. The number of hydrazine groups is 1. The molecule has 2 saturated carbocycles. The molecule has 81 heavy (non-hydrogen) atoms. The van der Waals surface area contributed by atoms with Gasteiger partial charge in [0.05, 0.1) is 56.1 Å². The molecule has 2 aromatic rings. The number of aliphatic imine (C=N–C) groups is 1. The van der Waals surface area contributed by atoms with Gasteiger partial charge in [-0.1, -0.05) is 26.7 Å². The summed E-state index contributed by atoms with van der Waals surface area (Å²) in [5, 5.41) is 9.62. The number of hydrogen-bond acceptors (Lipinski definition) is 15. The van der Waals surface area contributed by atoms with E-state index >= 15 is 9.59 Å². The molecule has 0 radical (unpaired) electrons. The number of likely N-dealkylation sites (tertiary alicyclic amines) is 2. The first-order valence-electron chi connectivity index (χ1n) is 31.5. The van der Waals surface area contributed by atoms with Crippen molar-refractivity contribution in [2.45, 2.75) is 172 Å². The van der Waals surface area contributed by atoms with Gasteiger partial charge in [-0.25, -0.2) is 5.43 Å². The van der Waals surface area contributed by atoms with E-state index in [9.17, 15) is 9.59 Å². The van der Waals surface area contributed by atoms with E-state index in [0.29, 0.717) is 63.5 Å². The molecule has 19 nitrogen and oxygen atoms in total. The van der Waals surface area contributed by atoms with Crippen LogP contribution >= 0.6 is 0 Å². The Morgan fingerprint density at radius 3 is 2.58 bits per heavy atom. The lowest BCUT2D eigenvalue weighted by Crippen LogP contribution is -2.62. The molecule has 10 heterocycles. The van der Waals surface area contributed by atoms with Crippen molar-refractivity contribution in [1.82, 2.24) is 45.2 Å². The number of amides is 3. The topological polar surface area (TPSA) is 188 Å². The standard InChI is InChI=1S/C62H91N11O8/c1-6-72-51-16-15-42-28-46(51)48(56(72)47-29-43(32-63-52(47)39(2)78-5)68-23-22-67-24-26-79-35-44(67)33-68)31-61(3,4)38-81-60(77)49-12-9-19-73(66-49)58(75)50(30-45-34-69(42)25-27-80-45)64-57(74)55(41-10-7-8-11-41)70-20-17-62(36-70)18-21-71(37-62)59(76)54-53(65-54)40-13-14-40/h15-16,28,32,39-41,43-45,49-50,53-55,65-66H,6-14,17-27,29-31,33-38H2,1-5H3,(H,64,74)/t39-,43+,44-,45-,49-,50-,53+,54+,55-,62-/m0/s1. The van der Waals surface area contributed by atoms with Gasteiger partial charge in [0.25, 0.3) is 5.91 Å². The number of aromatic nitrogens is 1. The first-order valence-corrected chi connectivity index (χ1v) is 31.5. The fourth-order valence-electron chi connectivity index (χ4n) is 16.1. The summed E-state index contributed by atoms with van der Waals surface area (Å²) >= 11 is 0. The lowest BCUT2D eigenvalue weighted by molar-refractivity contribution is -0.156. The van der Waals surface area contributed by atoms with Gasteiger partial charge in [-0.15, -0.1) is 0 Å². The van der Waals surface area contributed by atoms with Crippen molar-refractivity contribution in [1.29, 1.82) is 0 Å². The highest BCUT2D eigenvalue weighted by Gasteiger charge is 2.55. The van der Waals surface area contributed by atoms with Gasteiger partial charge >= 0.3 is 5.97 Å². The van der Waals surface area contributed by atoms with E-state index in [0.717, 1.165) is 139 Å². The third-order valence-corrected chi connectivity index (χ3v) is 20.9. The van der Waals surface area contributed by atoms with E-state index in [4.69, 9.17) is 23.9 Å². The summed E-state index contributed by atoms with van der Waals surface area (Å²) in [5.74, 6) is 0.345. The summed E-state index contributed by atoms with van der Waals surface area (Å²) < 4.78 is 27.5. The Bertz CT molecular complexity index is 2770. The van der Waals surface area contributed by atoms with Gasteiger partial charge in [0.15, 0.2) is 0 Å². The number of ether oxygens (including phenoxy) is 4. The fraction of sp³-hybridized carbons (Fsp3) is 0.758. The number of nitrogens with zero attached hydrogens (tertiary/aromatic N) is 8. The van der Waals surface area contributed by atoms with Crippen LogP contribution in [0.4, 0.5) is 5.69 Å². The minimum atomic E-state index is -0.901. The van der Waals surface area contributed by atoms with Crippen LogP contribution in [-0.4, -0.2) is 219 Å². The van der Waals surface area contributed by atoms with Gasteiger partial charge in [0.1, 0.15) is 18.1 Å². The maximum atomic E-state index is 15.3. The summed E-state index contributed by atoms with van der Waals surface area (Å²) in [6.07, 6.45) is 12.9. The maximum Gasteiger partial charge on any atom is 0.324 e. The zero-order valence-electron chi connectivity index (χ0n) is 49.0. The molecular weight excluding hydrogens is 1030 g/mol. The monoisotopic (exact) mass is 1120 g/mol. The molecule has 2 aliphatic carbocycles. The molecule has 19 heteroatoms. The number of benzene rings is 1. The highest BCUT2D eigenvalue weighted by molar-refractivity contribution is 5.95. The van der Waals surface area contributed by atoms with Crippen LogP contribution in [0.5, 0.6) is 0 Å². The number of nitrogens with one attached hydrogen (secondary N) is 3. The van der Waals surface area contributed by atoms with Crippen molar-refractivity contribution < 1.29 is 38.1 Å². The number of hydrogen-bond donors (Lipinski definition) is 3. The zero-order chi connectivity index (χ0) is 55.7. The summed E-state index contributed by atoms with van der Waals surface area (Å²) in [7, 11) is 1.77. The first kappa shape index (κ1) is 55.7. The Kier molecular flexibility index (Phi) is 15.7. The number of rotatable bonds is 11. The zero-order valence-corrected chi connectivity index (χ0v) is 49.0. The third kappa shape index (κ3) is 11.2. The minimum Gasteiger partial charge on any atom is -0.464 e. The molecule has 3 amide bonds. The Balaban J connectivity index is 0.801. The molecule has 13 rings (SSSR count). The van der Waals surface area contributed by atoms with Crippen LogP contribution < -0.4 is 21.0 Å². The van der Waals surface area contributed by atoms with E-state index < -0.39 is 17.5 Å². The van der Waals surface area contributed by atoms with Gasteiger partial charge in [-0.2, -0.15) is 0 Å². The smallest absolute Gasteiger partial charge is 0.324 e. The van der Waals surface area contributed by atoms with Crippen molar-refractivity contribution >= 4 is 52.1 Å². The number of piperazine rings is 1. The van der Waals surface area contributed by atoms with Crippen molar-refractivity contribution in [3.8, 4) is 0 Å². The van der Waals surface area contributed by atoms with Gasteiger partial charge in [-0.05, 0) is 120 Å². The molecular formula is C62H91N11O8. The summed E-state index contributed by atoms with van der Waals surface area (Å²) in [4.78, 5) is 75.9. The quantitative estimate of drug-likeness (QED) is 0.215. The number of methoxy groups -OCH3 is 1. The average Bonchev–Trinajstić information content (AvgIpc) is 3.87. The van der Waals surface area contributed by atoms with E-state index in [1.54, 1.807) is 12.1 Å². The van der Waals surface area contributed by atoms with Crippen LogP contribution in [0.1, 0.15) is 116 Å². The van der Waals surface area contributed by atoms with E-state index in [1.165, 1.54) is 29.7 Å². The molecule has 9 fully saturated rings. The maximum absolute atomic E-state index is 15.3. The molecule has 1 aromatic heterocycles. The molecule has 11 aliphatic rings. The average molecular weight is 1120 g/mol. The van der Waals surface area contributed by atoms with E-state index in [2.05, 4.69) is 97.2 Å². The summed E-state index contributed by atoms with van der Waals surface area (Å²) in [6.45, 7) is 20.2. The molecule has 1 spiro atoms. The highest BCUT2D eigenvalue weighted by atomic mass is 16.5. The molecule has 3 N–H and O–H groups in total. The molecule has 0 unspecified atom stereocenters. The van der Waals surface area contributed by atoms with Crippen LogP contribution in [0.15, 0.2) is 28.9 Å². The molecule has 7 saturated heterocycles. The minimum absolute atomic E-state index is 0.0265. The van der Waals surface area contributed by atoms with Crippen molar-refractivity contribution in [2.75, 3.05) is 110 Å². The molecule has 6 bridgehead atoms. The second-order valence-corrected chi connectivity index (χ2v) is 27.0. The molecule has 1 aromatic carbocycles. The third-order valence-electron chi connectivity index (χ3n) is 20.9. The second kappa shape index (κ2) is 22.8. The number of esters is 1. The van der Waals surface area contributed by atoms with Gasteiger partial charge < -0.3 is 38.6 Å². The number of cyclic esters (lactones) is 1. The summed E-state index contributed by atoms with van der Waals surface area (Å²) in [6, 6.07) is 5.66. The highest BCUT2D eigenvalue weighted by Crippen LogP contribution is 2.46. The number of fused-ring (bicyclic) bond motifs is 7. The molecule has 10 atom stereocenters. The lowest BCUT2D eigenvalue weighted by atomic mass is 9.83. The number of aryl methyl sites for hydroxylation is 1. The lowest BCUT2D eigenvalue weighted by Gasteiger charge is -2.46.